The monoisotopic (exact) mass is 254 g/mol. The minimum absolute atomic E-state index is 0.0461. The Morgan fingerprint density at radius 3 is 2.78 bits per heavy atom. The van der Waals surface area contributed by atoms with Crippen molar-refractivity contribution in [3.63, 3.8) is 0 Å². The van der Waals surface area contributed by atoms with Gasteiger partial charge in [0, 0.05) is 12.6 Å². The van der Waals surface area contributed by atoms with Crippen molar-refractivity contribution in [3.05, 3.63) is 15.8 Å². The maximum absolute atomic E-state index is 11.1. The van der Waals surface area contributed by atoms with E-state index in [2.05, 4.69) is 10.4 Å². The van der Waals surface area contributed by atoms with E-state index in [1.807, 2.05) is 6.92 Å². The highest BCUT2D eigenvalue weighted by Crippen LogP contribution is 2.32. The summed E-state index contributed by atoms with van der Waals surface area (Å²) < 4.78 is 1.65. The van der Waals surface area contributed by atoms with E-state index < -0.39 is 4.92 Å². The number of hydrogen-bond donors (Lipinski definition) is 2. The van der Waals surface area contributed by atoms with Crippen LogP contribution in [0.2, 0.25) is 0 Å². The summed E-state index contributed by atoms with van der Waals surface area (Å²) in [7, 11) is 0. The van der Waals surface area contributed by atoms with Crippen LogP contribution in [0.5, 0.6) is 0 Å². The molecule has 0 aromatic carbocycles. The molecule has 1 aromatic heterocycles. The summed E-state index contributed by atoms with van der Waals surface area (Å²) in [4.78, 5) is 10.7. The van der Waals surface area contributed by atoms with Crippen LogP contribution < -0.4 is 5.32 Å². The first-order valence-electron chi connectivity index (χ1n) is 6.19. The van der Waals surface area contributed by atoms with Crippen LogP contribution in [0.4, 0.5) is 11.5 Å². The molecule has 0 radical (unpaired) electrons. The molecule has 2 rings (SSSR count). The number of nitrogens with zero attached hydrogens (tertiary/aromatic N) is 3. The number of aliphatic hydroxyl groups excluding tert-OH is 1. The Labute approximate surface area is 105 Å². The summed E-state index contributed by atoms with van der Waals surface area (Å²) in [6, 6.07) is 0.102. The van der Waals surface area contributed by atoms with Gasteiger partial charge < -0.3 is 10.4 Å². The molecular weight excluding hydrogens is 236 g/mol. The fourth-order valence-corrected chi connectivity index (χ4v) is 2.21. The molecule has 1 fully saturated rings. The van der Waals surface area contributed by atoms with Gasteiger partial charge in [-0.05, 0) is 26.2 Å². The van der Waals surface area contributed by atoms with Crippen molar-refractivity contribution >= 4 is 11.5 Å². The third-order valence-electron chi connectivity index (χ3n) is 3.17. The third kappa shape index (κ3) is 2.31. The molecule has 1 heterocycles. The summed E-state index contributed by atoms with van der Waals surface area (Å²) in [5, 5.41) is 27.7. The lowest BCUT2D eigenvalue weighted by Crippen LogP contribution is -2.39. The van der Waals surface area contributed by atoms with Gasteiger partial charge in [0.2, 0.25) is 5.82 Å². The molecule has 1 saturated carbocycles. The van der Waals surface area contributed by atoms with Crippen LogP contribution >= 0.6 is 0 Å². The second kappa shape index (κ2) is 4.93. The quantitative estimate of drug-likeness (QED) is 0.612. The molecule has 0 aliphatic heterocycles. The highest BCUT2D eigenvalue weighted by Gasteiger charge is 2.32. The van der Waals surface area contributed by atoms with Gasteiger partial charge in [0.05, 0.1) is 11.0 Å². The first-order chi connectivity index (χ1) is 8.52. The van der Waals surface area contributed by atoms with Crippen molar-refractivity contribution in [2.45, 2.75) is 51.8 Å². The van der Waals surface area contributed by atoms with Gasteiger partial charge in [-0.25, -0.2) is 4.68 Å². The largest absolute Gasteiger partial charge is 0.393 e. The van der Waals surface area contributed by atoms with Crippen LogP contribution in [0.15, 0.2) is 0 Å². The molecule has 1 aliphatic rings. The maximum atomic E-state index is 11.1. The standard InChI is InChI=1S/C11H18N4O3/c1-3-4-14-11(12-8-5-9(16)6-8)10(15(17)18)7(2)13-14/h8-9,12,16H,3-6H2,1-2H3. The highest BCUT2D eigenvalue weighted by molar-refractivity contribution is 5.60. The molecule has 1 aliphatic carbocycles. The molecule has 0 bridgehead atoms. The average Bonchev–Trinajstić information content (AvgIpc) is 2.53. The number of rotatable bonds is 5. The lowest BCUT2D eigenvalue weighted by Gasteiger charge is -2.32. The Morgan fingerprint density at radius 2 is 2.28 bits per heavy atom. The first kappa shape index (κ1) is 12.8. The lowest BCUT2D eigenvalue weighted by molar-refractivity contribution is -0.384. The van der Waals surface area contributed by atoms with Gasteiger partial charge in [-0.2, -0.15) is 5.10 Å². The van der Waals surface area contributed by atoms with Gasteiger partial charge in [-0.3, -0.25) is 10.1 Å². The minimum Gasteiger partial charge on any atom is -0.393 e. The van der Waals surface area contributed by atoms with Crippen molar-refractivity contribution < 1.29 is 10.0 Å². The van der Waals surface area contributed by atoms with Crippen molar-refractivity contribution in [2.24, 2.45) is 0 Å². The van der Waals surface area contributed by atoms with Crippen molar-refractivity contribution in [1.82, 2.24) is 9.78 Å². The predicted molar refractivity (Wildman–Crippen MR) is 66.6 cm³/mol. The molecule has 100 valence electrons. The molecule has 1 aromatic rings. The molecule has 18 heavy (non-hydrogen) atoms. The van der Waals surface area contributed by atoms with Crippen molar-refractivity contribution in [1.29, 1.82) is 0 Å². The van der Waals surface area contributed by atoms with E-state index in [4.69, 9.17) is 0 Å². The molecule has 2 N–H and O–H groups in total. The van der Waals surface area contributed by atoms with Crippen LogP contribution in [0.3, 0.4) is 0 Å². The van der Waals surface area contributed by atoms with Gasteiger partial charge in [0.15, 0.2) is 0 Å². The number of aryl methyl sites for hydroxylation is 2. The van der Waals surface area contributed by atoms with Crippen LogP contribution in [0.1, 0.15) is 31.9 Å². The Kier molecular flexibility index (Phi) is 3.51. The normalized spacial score (nSPS) is 22.6. The topological polar surface area (TPSA) is 93.2 Å². The SMILES string of the molecule is CCCn1nc(C)c([N+](=O)[O-])c1NC1CC(O)C1. The smallest absolute Gasteiger partial charge is 0.333 e. The van der Waals surface area contributed by atoms with Gasteiger partial charge >= 0.3 is 5.69 Å². The minimum atomic E-state index is -0.397. The van der Waals surface area contributed by atoms with E-state index in [1.165, 1.54) is 0 Å². The molecule has 0 atom stereocenters. The summed E-state index contributed by atoms with van der Waals surface area (Å²) in [6.45, 7) is 4.29. The van der Waals surface area contributed by atoms with Crippen LogP contribution in [-0.4, -0.2) is 32.0 Å². The summed E-state index contributed by atoms with van der Waals surface area (Å²) in [5.74, 6) is 0.469. The highest BCUT2D eigenvalue weighted by atomic mass is 16.6. The molecule has 0 unspecified atom stereocenters. The number of aromatic nitrogens is 2. The van der Waals surface area contributed by atoms with Gasteiger partial charge in [-0.15, -0.1) is 0 Å². The number of hydrogen-bond acceptors (Lipinski definition) is 5. The summed E-state index contributed by atoms with van der Waals surface area (Å²) in [5.41, 5.74) is 0.473. The molecule has 7 heteroatoms. The Bertz CT molecular complexity index is 451. The Hall–Kier alpha value is -1.63. The zero-order valence-electron chi connectivity index (χ0n) is 10.6. The second-order valence-electron chi connectivity index (χ2n) is 4.73. The summed E-state index contributed by atoms with van der Waals surface area (Å²) >= 11 is 0. The van der Waals surface area contributed by atoms with E-state index >= 15 is 0 Å². The lowest BCUT2D eigenvalue weighted by atomic mass is 9.89. The predicted octanol–water partition coefficient (Wildman–Crippen LogP) is 1.44. The molecule has 0 amide bonds. The van der Waals surface area contributed by atoms with Gasteiger partial charge in [0.25, 0.3) is 0 Å². The zero-order valence-corrected chi connectivity index (χ0v) is 10.6. The fourth-order valence-electron chi connectivity index (χ4n) is 2.21. The molecule has 7 nitrogen and oxygen atoms in total. The van der Waals surface area contributed by atoms with Gasteiger partial charge in [-0.1, -0.05) is 6.92 Å². The Morgan fingerprint density at radius 1 is 1.61 bits per heavy atom. The second-order valence-corrected chi connectivity index (χ2v) is 4.73. The van der Waals surface area contributed by atoms with Crippen molar-refractivity contribution in [3.8, 4) is 0 Å². The number of anilines is 1. The van der Waals surface area contributed by atoms with E-state index in [-0.39, 0.29) is 17.8 Å². The third-order valence-corrected chi connectivity index (χ3v) is 3.17. The van der Waals surface area contributed by atoms with Crippen LogP contribution in [0.25, 0.3) is 0 Å². The molecular formula is C11H18N4O3. The van der Waals surface area contributed by atoms with Crippen LogP contribution in [0, 0.1) is 17.0 Å². The number of nitrogens with one attached hydrogen (secondary N) is 1. The van der Waals surface area contributed by atoms with E-state index in [0.29, 0.717) is 30.9 Å². The average molecular weight is 254 g/mol. The summed E-state index contributed by atoms with van der Waals surface area (Å²) in [6.07, 6.45) is 1.84. The molecule has 0 spiro atoms. The molecule has 0 saturated heterocycles. The zero-order chi connectivity index (χ0) is 13.3. The van der Waals surface area contributed by atoms with Gasteiger partial charge in [0.1, 0.15) is 5.69 Å². The maximum Gasteiger partial charge on any atom is 0.333 e. The Balaban J connectivity index is 2.25. The van der Waals surface area contributed by atoms with Crippen LogP contribution in [-0.2, 0) is 6.54 Å². The van der Waals surface area contributed by atoms with E-state index in [1.54, 1.807) is 11.6 Å². The number of nitro groups is 1. The van der Waals surface area contributed by atoms with E-state index in [9.17, 15) is 15.2 Å². The van der Waals surface area contributed by atoms with Crippen molar-refractivity contribution in [2.75, 3.05) is 5.32 Å². The fraction of sp³-hybridized carbons (Fsp3) is 0.727. The number of aliphatic hydroxyl groups is 1. The first-order valence-corrected chi connectivity index (χ1v) is 6.19. The van der Waals surface area contributed by atoms with E-state index in [0.717, 1.165) is 6.42 Å².